The minimum absolute atomic E-state index is 1.07. The van der Waals surface area contributed by atoms with E-state index in [0.29, 0.717) is 0 Å². The molecule has 0 amide bonds. The maximum Gasteiger partial charge on any atom is 0.0540 e. The van der Waals surface area contributed by atoms with Gasteiger partial charge in [-0.05, 0) is 149 Å². The van der Waals surface area contributed by atoms with Crippen molar-refractivity contribution in [1.29, 1.82) is 0 Å². The van der Waals surface area contributed by atoms with Crippen LogP contribution in [-0.2, 0) is 0 Å². The summed E-state index contributed by atoms with van der Waals surface area (Å²) < 4.78 is 0. The van der Waals surface area contributed by atoms with Crippen molar-refractivity contribution in [3.63, 3.8) is 0 Å². The van der Waals surface area contributed by atoms with Gasteiger partial charge in [0.25, 0.3) is 0 Å². The first-order valence-electron chi connectivity index (χ1n) is 28.8. The molecule has 396 valence electrons. The Kier molecular flexibility index (Phi) is 14.1. The Bertz CT molecular complexity index is 4330. The second-order valence-electron chi connectivity index (χ2n) is 21.2. The SMILES string of the molecule is C(=Cc1ccc(N(c2ccc(-c3c(-c4ccccc4)c(-c4ccccc4)c(-c4ccc(N(c5ccc(C=Cc6ccccc6)cc5)c5cccc6ccccc56)cc4)c4ccccc34)cc2)c2cccc3ccccc23)cc1)c1ccccc1. The van der Waals surface area contributed by atoms with E-state index in [1.54, 1.807) is 0 Å². The molecular weight excluding hydrogens is 1010 g/mol. The fourth-order valence-electron chi connectivity index (χ4n) is 12.0. The molecule has 14 rings (SSSR count). The third-order valence-corrected chi connectivity index (χ3v) is 16.0. The molecule has 0 aliphatic carbocycles. The molecule has 2 nitrogen and oxygen atoms in total. The molecule has 0 aromatic heterocycles. The molecule has 0 aliphatic heterocycles. The van der Waals surface area contributed by atoms with Gasteiger partial charge in [0.15, 0.2) is 0 Å². The van der Waals surface area contributed by atoms with Crippen molar-refractivity contribution in [2.24, 2.45) is 0 Å². The fourth-order valence-corrected chi connectivity index (χ4v) is 12.0. The highest BCUT2D eigenvalue weighted by Gasteiger charge is 2.25. The number of hydrogen-bond donors (Lipinski definition) is 0. The predicted octanol–water partition coefficient (Wildman–Crippen LogP) is 23.1. The lowest BCUT2D eigenvalue weighted by atomic mass is 9.79. The third kappa shape index (κ3) is 10.3. The first-order chi connectivity index (χ1) is 41.7. The van der Waals surface area contributed by atoms with E-state index in [2.05, 4.69) is 362 Å². The smallest absolute Gasteiger partial charge is 0.0540 e. The summed E-state index contributed by atoms with van der Waals surface area (Å²) in [5.41, 5.74) is 20.5. The normalized spacial score (nSPS) is 11.5. The highest BCUT2D eigenvalue weighted by Crippen LogP contribution is 2.52. The van der Waals surface area contributed by atoms with Crippen molar-refractivity contribution in [3.05, 3.63) is 350 Å². The number of fused-ring (bicyclic) bond motifs is 3. The van der Waals surface area contributed by atoms with Crippen LogP contribution in [0.3, 0.4) is 0 Å². The summed E-state index contributed by atoms with van der Waals surface area (Å²) in [5.74, 6) is 0. The van der Waals surface area contributed by atoms with Crippen LogP contribution >= 0.6 is 0 Å². The van der Waals surface area contributed by atoms with Crippen LogP contribution in [0.15, 0.2) is 328 Å². The summed E-state index contributed by atoms with van der Waals surface area (Å²) >= 11 is 0. The highest BCUT2D eigenvalue weighted by molar-refractivity contribution is 6.18. The monoisotopic (exact) mass is 1070 g/mol. The molecule has 0 atom stereocenters. The fraction of sp³-hybridized carbons (Fsp3) is 0. The molecule has 0 unspecified atom stereocenters. The zero-order chi connectivity index (χ0) is 56.0. The van der Waals surface area contributed by atoms with Crippen LogP contribution < -0.4 is 9.80 Å². The molecule has 0 aliphatic rings. The molecule has 0 saturated heterocycles. The van der Waals surface area contributed by atoms with Gasteiger partial charge in [-0.3, -0.25) is 0 Å². The van der Waals surface area contributed by atoms with Crippen LogP contribution in [0, 0.1) is 0 Å². The van der Waals surface area contributed by atoms with E-state index in [-0.39, 0.29) is 0 Å². The van der Waals surface area contributed by atoms with Gasteiger partial charge in [-0.2, -0.15) is 0 Å². The molecule has 0 spiro atoms. The standard InChI is InChI=1S/C82H58N2/c1-5-21-59(22-6-1)39-41-61-43-51-69(52-44-61)83(77-37-19-31-63-25-13-15-33-73(63)77)71-55-47-67(48-56-71)79-75-35-17-18-36-76(75)80(82(66-29-11-4-12-30-66)81(79)65-27-9-3-10-28-65)68-49-57-72(58-50-68)84(78-38-20-32-64-26-14-16-34-74(64)78)70-53-45-62(46-54-70)42-40-60-23-7-2-8-24-60/h1-58H. The second kappa shape index (κ2) is 23.2. The summed E-state index contributed by atoms with van der Waals surface area (Å²) in [5, 5.41) is 7.14. The molecule has 84 heavy (non-hydrogen) atoms. The van der Waals surface area contributed by atoms with Crippen LogP contribution in [0.1, 0.15) is 22.3 Å². The zero-order valence-corrected chi connectivity index (χ0v) is 46.4. The molecule has 14 aromatic rings. The van der Waals surface area contributed by atoms with Gasteiger partial charge in [-0.25, -0.2) is 0 Å². The lowest BCUT2D eigenvalue weighted by Crippen LogP contribution is -2.10. The van der Waals surface area contributed by atoms with E-state index in [0.717, 1.165) is 67.5 Å². The molecule has 0 radical (unpaired) electrons. The second-order valence-corrected chi connectivity index (χ2v) is 21.2. The van der Waals surface area contributed by atoms with E-state index in [9.17, 15) is 0 Å². The molecule has 0 fully saturated rings. The molecule has 2 heteroatoms. The highest BCUT2D eigenvalue weighted by atomic mass is 15.1. The van der Waals surface area contributed by atoms with Crippen LogP contribution in [-0.4, -0.2) is 0 Å². The number of rotatable bonds is 14. The van der Waals surface area contributed by atoms with Gasteiger partial charge in [0, 0.05) is 33.5 Å². The first-order valence-corrected chi connectivity index (χ1v) is 28.8. The van der Waals surface area contributed by atoms with Crippen molar-refractivity contribution in [2.75, 3.05) is 9.80 Å². The van der Waals surface area contributed by atoms with Crippen molar-refractivity contribution in [2.45, 2.75) is 0 Å². The molecular formula is C82H58N2. The number of nitrogens with zero attached hydrogens (tertiary/aromatic N) is 2. The molecule has 0 N–H and O–H groups in total. The molecule has 14 aromatic carbocycles. The maximum atomic E-state index is 2.40. The first kappa shape index (κ1) is 51.1. The van der Waals surface area contributed by atoms with Crippen molar-refractivity contribution in [1.82, 2.24) is 0 Å². The van der Waals surface area contributed by atoms with Crippen molar-refractivity contribution in [3.8, 4) is 44.5 Å². The van der Waals surface area contributed by atoms with E-state index >= 15 is 0 Å². The summed E-state index contributed by atoms with van der Waals surface area (Å²) in [7, 11) is 0. The lowest BCUT2D eigenvalue weighted by Gasteiger charge is -2.28. The number of anilines is 6. The topological polar surface area (TPSA) is 6.48 Å². The van der Waals surface area contributed by atoms with E-state index in [1.165, 1.54) is 65.7 Å². The Morgan fingerprint density at radius 3 is 0.798 bits per heavy atom. The van der Waals surface area contributed by atoms with Gasteiger partial charge in [0.2, 0.25) is 0 Å². The summed E-state index contributed by atoms with van der Waals surface area (Å²) in [4.78, 5) is 4.80. The average Bonchev–Trinajstić information content (AvgIpc) is 1.10. The van der Waals surface area contributed by atoms with Gasteiger partial charge in [0.1, 0.15) is 0 Å². The number of benzene rings is 14. The lowest BCUT2D eigenvalue weighted by molar-refractivity contribution is 1.30. The van der Waals surface area contributed by atoms with Gasteiger partial charge in [-0.15, -0.1) is 0 Å². The van der Waals surface area contributed by atoms with Crippen molar-refractivity contribution < 1.29 is 0 Å². The van der Waals surface area contributed by atoms with Gasteiger partial charge < -0.3 is 9.80 Å². The van der Waals surface area contributed by atoms with Crippen LogP contribution in [0.25, 0.3) is 101 Å². The largest absolute Gasteiger partial charge is 0.310 e. The van der Waals surface area contributed by atoms with Crippen LogP contribution in [0.5, 0.6) is 0 Å². The summed E-state index contributed by atoms with van der Waals surface area (Å²) in [6.07, 6.45) is 8.71. The summed E-state index contributed by atoms with van der Waals surface area (Å²) in [6.45, 7) is 0. The Morgan fingerprint density at radius 1 is 0.179 bits per heavy atom. The van der Waals surface area contributed by atoms with Gasteiger partial charge in [-0.1, -0.05) is 291 Å². The van der Waals surface area contributed by atoms with Gasteiger partial charge >= 0.3 is 0 Å². The van der Waals surface area contributed by atoms with Crippen LogP contribution in [0.4, 0.5) is 34.1 Å². The summed E-state index contributed by atoms with van der Waals surface area (Å²) in [6, 6.07) is 119. The Labute approximate surface area is 492 Å². The minimum Gasteiger partial charge on any atom is -0.310 e. The van der Waals surface area contributed by atoms with Crippen LogP contribution in [0.2, 0.25) is 0 Å². The molecule has 0 saturated carbocycles. The maximum absolute atomic E-state index is 2.40. The number of hydrogen-bond acceptors (Lipinski definition) is 2. The van der Waals surface area contributed by atoms with E-state index in [1.807, 2.05) is 0 Å². The third-order valence-electron chi connectivity index (χ3n) is 16.0. The zero-order valence-electron chi connectivity index (χ0n) is 46.4. The Balaban J connectivity index is 0.914. The molecule has 0 bridgehead atoms. The average molecular weight is 1070 g/mol. The molecule has 0 heterocycles. The van der Waals surface area contributed by atoms with E-state index in [4.69, 9.17) is 0 Å². The Hall–Kier alpha value is -11.1. The quantitative estimate of drug-likeness (QED) is 0.100. The Morgan fingerprint density at radius 2 is 0.440 bits per heavy atom. The van der Waals surface area contributed by atoms with Gasteiger partial charge in [0.05, 0.1) is 11.4 Å². The van der Waals surface area contributed by atoms with E-state index < -0.39 is 0 Å². The van der Waals surface area contributed by atoms with Crippen molar-refractivity contribution >= 4 is 90.7 Å². The minimum atomic E-state index is 1.07. The predicted molar refractivity (Wildman–Crippen MR) is 361 cm³/mol.